The number of benzene rings is 1. The van der Waals surface area contributed by atoms with Gasteiger partial charge < -0.3 is 14.2 Å². The van der Waals surface area contributed by atoms with E-state index < -0.39 is 5.82 Å². The summed E-state index contributed by atoms with van der Waals surface area (Å²) in [5, 5.41) is 4.62. The van der Waals surface area contributed by atoms with Crippen molar-refractivity contribution in [1.29, 1.82) is 0 Å². The van der Waals surface area contributed by atoms with E-state index >= 15 is 4.39 Å². The third kappa shape index (κ3) is 3.52. The normalized spacial score (nSPS) is 19.8. The molecule has 0 aliphatic carbocycles. The fourth-order valence-electron chi connectivity index (χ4n) is 4.84. The average molecular weight is 437 g/mol. The molecule has 1 saturated heterocycles. The first-order valence-electron chi connectivity index (χ1n) is 11.2. The first kappa shape index (κ1) is 20.9. The van der Waals surface area contributed by atoms with E-state index in [-0.39, 0.29) is 5.52 Å². The van der Waals surface area contributed by atoms with Crippen molar-refractivity contribution < 1.29 is 8.81 Å². The predicted molar refractivity (Wildman–Crippen MR) is 124 cm³/mol. The SMILES string of the molecule is CCN1CC[C@@H](N(C)c2nc3c(F)cc(-c4cc(C)c5nc(C)cn5n4)cc3o2)C[C@H]1C. The lowest BCUT2D eigenvalue weighted by molar-refractivity contribution is 0.152. The second-order valence-corrected chi connectivity index (χ2v) is 8.93. The summed E-state index contributed by atoms with van der Waals surface area (Å²) in [4.78, 5) is 13.5. The summed E-state index contributed by atoms with van der Waals surface area (Å²) in [5.74, 6) is -0.406. The van der Waals surface area contributed by atoms with Crippen LogP contribution in [-0.4, -0.2) is 56.7 Å². The van der Waals surface area contributed by atoms with Crippen LogP contribution in [0.4, 0.5) is 10.4 Å². The van der Waals surface area contributed by atoms with Crippen LogP contribution < -0.4 is 4.90 Å². The van der Waals surface area contributed by atoms with Gasteiger partial charge in [0.15, 0.2) is 17.0 Å². The molecule has 1 aromatic carbocycles. The Morgan fingerprint density at radius 3 is 2.78 bits per heavy atom. The molecule has 0 radical (unpaired) electrons. The summed E-state index contributed by atoms with van der Waals surface area (Å²) in [6, 6.07) is 6.51. The van der Waals surface area contributed by atoms with Crippen LogP contribution >= 0.6 is 0 Å². The molecule has 0 amide bonds. The summed E-state index contributed by atoms with van der Waals surface area (Å²) in [5.41, 5.74) is 4.69. The molecule has 0 N–H and O–H groups in total. The maximum Gasteiger partial charge on any atom is 0.298 e. The lowest BCUT2D eigenvalue weighted by Gasteiger charge is -2.40. The van der Waals surface area contributed by atoms with Crippen molar-refractivity contribution in [3.05, 3.63) is 41.5 Å². The molecule has 0 bridgehead atoms. The van der Waals surface area contributed by atoms with Gasteiger partial charge in [-0.2, -0.15) is 10.1 Å². The highest BCUT2D eigenvalue weighted by Crippen LogP contribution is 2.32. The second kappa shape index (κ2) is 7.85. The van der Waals surface area contributed by atoms with E-state index in [0.29, 0.717) is 34.9 Å². The maximum atomic E-state index is 15.0. The molecule has 7 nitrogen and oxygen atoms in total. The van der Waals surface area contributed by atoms with Gasteiger partial charge in [0.2, 0.25) is 0 Å². The lowest BCUT2D eigenvalue weighted by Crippen LogP contribution is -2.48. The van der Waals surface area contributed by atoms with Gasteiger partial charge in [-0.05, 0) is 63.9 Å². The molecule has 2 atom stereocenters. The molecule has 8 heteroatoms. The molecule has 0 unspecified atom stereocenters. The number of anilines is 1. The highest BCUT2D eigenvalue weighted by atomic mass is 19.1. The average Bonchev–Trinajstić information content (AvgIpc) is 3.36. The van der Waals surface area contributed by atoms with Crippen LogP contribution in [-0.2, 0) is 0 Å². The van der Waals surface area contributed by atoms with Crippen molar-refractivity contribution in [2.45, 2.75) is 52.6 Å². The number of fused-ring (bicyclic) bond motifs is 2. The minimum absolute atomic E-state index is 0.255. The Bertz CT molecular complexity index is 1290. The second-order valence-electron chi connectivity index (χ2n) is 8.93. The quantitative estimate of drug-likeness (QED) is 0.466. The van der Waals surface area contributed by atoms with Crippen LogP contribution in [0.15, 0.2) is 28.8 Å². The van der Waals surface area contributed by atoms with Gasteiger partial charge >= 0.3 is 0 Å². The molecule has 4 heterocycles. The Morgan fingerprint density at radius 1 is 1.22 bits per heavy atom. The fourth-order valence-corrected chi connectivity index (χ4v) is 4.84. The number of rotatable bonds is 4. The van der Waals surface area contributed by atoms with Crippen LogP contribution in [0, 0.1) is 19.7 Å². The van der Waals surface area contributed by atoms with E-state index in [1.807, 2.05) is 39.2 Å². The molecule has 0 spiro atoms. The van der Waals surface area contributed by atoms with Crippen LogP contribution in [0.5, 0.6) is 0 Å². The van der Waals surface area contributed by atoms with E-state index in [4.69, 9.17) is 4.42 Å². The highest BCUT2D eigenvalue weighted by Gasteiger charge is 2.29. The minimum atomic E-state index is -0.406. The lowest BCUT2D eigenvalue weighted by atomic mass is 9.97. The van der Waals surface area contributed by atoms with E-state index in [9.17, 15) is 0 Å². The molecule has 1 fully saturated rings. The van der Waals surface area contributed by atoms with Gasteiger partial charge in [-0.25, -0.2) is 13.9 Å². The van der Waals surface area contributed by atoms with Gasteiger partial charge in [0.05, 0.1) is 17.6 Å². The van der Waals surface area contributed by atoms with Crippen LogP contribution in [0.25, 0.3) is 28.0 Å². The molecule has 1 aliphatic heterocycles. The van der Waals surface area contributed by atoms with Crippen molar-refractivity contribution in [2.75, 3.05) is 25.0 Å². The van der Waals surface area contributed by atoms with Crippen LogP contribution in [0.3, 0.4) is 0 Å². The smallest absolute Gasteiger partial charge is 0.298 e. The number of imidazole rings is 1. The first-order valence-corrected chi connectivity index (χ1v) is 11.2. The Balaban J connectivity index is 1.48. The van der Waals surface area contributed by atoms with E-state index in [0.717, 1.165) is 42.8 Å². The number of aromatic nitrogens is 4. The van der Waals surface area contributed by atoms with Crippen molar-refractivity contribution in [1.82, 2.24) is 24.5 Å². The molecule has 1 aliphatic rings. The van der Waals surface area contributed by atoms with Gasteiger partial charge in [0.1, 0.15) is 5.52 Å². The maximum absolute atomic E-state index is 15.0. The minimum Gasteiger partial charge on any atom is -0.423 e. The Kier molecular flexibility index (Phi) is 5.12. The van der Waals surface area contributed by atoms with Crippen LogP contribution in [0.1, 0.15) is 37.9 Å². The summed E-state index contributed by atoms with van der Waals surface area (Å²) in [7, 11) is 1.99. The number of aryl methyl sites for hydroxylation is 2. The summed E-state index contributed by atoms with van der Waals surface area (Å²) in [6.45, 7) is 10.5. The van der Waals surface area contributed by atoms with Gasteiger partial charge in [0, 0.05) is 31.2 Å². The van der Waals surface area contributed by atoms with Crippen molar-refractivity contribution in [3.8, 4) is 11.3 Å². The summed E-state index contributed by atoms with van der Waals surface area (Å²) < 4.78 is 22.8. The fraction of sp³-hybridized carbons (Fsp3) is 0.458. The van der Waals surface area contributed by atoms with E-state index in [2.05, 4.69) is 38.7 Å². The predicted octanol–water partition coefficient (Wildman–Crippen LogP) is 4.60. The summed E-state index contributed by atoms with van der Waals surface area (Å²) in [6.07, 6.45) is 3.94. The summed E-state index contributed by atoms with van der Waals surface area (Å²) >= 11 is 0. The zero-order valence-electron chi connectivity index (χ0n) is 19.3. The standard InChI is InChI=1S/C24H29FN6O/c1-6-30-8-7-18(10-16(30)4)29(5)24-27-22-19(25)11-17(12-21(22)32-24)20-9-14(2)23-26-15(3)13-31(23)28-20/h9,11-13,16,18H,6-8,10H2,1-5H3/t16-,18-/m1/s1. The van der Waals surface area contributed by atoms with Gasteiger partial charge in [-0.1, -0.05) is 6.92 Å². The molecule has 0 saturated carbocycles. The van der Waals surface area contributed by atoms with Crippen molar-refractivity contribution >= 4 is 22.8 Å². The molecule has 4 aromatic rings. The first-order chi connectivity index (χ1) is 15.3. The zero-order valence-corrected chi connectivity index (χ0v) is 19.3. The van der Waals surface area contributed by atoms with Gasteiger partial charge in [0.25, 0.3) is 6.01 Å². The Labute approximate surface area is 186 Å². The number of hydrogen-bond donors (Lipinski definition) is 0. The van der Waals surface area contributed by atoms with E-state index in [1.54, 1.807) is 4.52 Å². The van der Waals surface area contributed by atoms with Crippen LogP contribution in [0.2, 0.25) is 0 Å². The Morgan fingerprint density at radius 2 is 2.03 bits per heavy atom. The number of likely N-dealkylation sites (tertiary alicyclic amines) is 1. The third-order valence-corrected chi connectivity index (χ3v) is 6.70. The Hall–Kier alpha value is -3.00. The molecule has 5 rings (SSSR count). The largest absolute Gasteiger partial charge is 0.423 e. The molecular formula is C24H29FN6O. The molecule has 168 valence electrons. The number of nitrogens with zero attached hydrogens (tertiary/aromatic N) is 6. The monoisotopic (exact) mass is 436 g/mol. The highest BCUT2D eigenvalue weighted by molar-refractivity contribution is 5.81. The number of hydrogen-bond acceptors (Lipinski definition) is 6. The topological polar surface area (TPSA) is 62.7 Å². The molecule has 32 heavy (non-hydrogen) atoms. The molecular weight excluding hydrogens is 407 g/mol. The van der Waals surface area contributed by atoms with Crippen molar-refractivity contribution in [2.24, 2.45) is 0 Å². The number of halogens is 1. The zero-order chi connectivity index (χ0) is 22.6. The van der Waals surface area contributed by atoms with Gasteiger partial charge in [-0.3, -0.25) is 0 Å². The van der Waals surface area contributed by atoms with E-state index in [1.165, 1.54) is 6.07 Å². The van der Waals surface area contributed by atoms with Gasteiger partial charge in [-0.15, -0.1) is 0 Å². The number of piperidine rings is 1. The van der Waals surface area contributed by atoms with Crippen molar-refractivity contribution in [3.63, 3.8) is 0 Å². The third-order valence-electron chi connectivity index (χ3n) is 6.70. The molecule has 3 aromatic heterocycles. The number of oxazole rings is 1.